The Morgan fingerprint density at radius 2 is 2.04 bits per heavy atom. The lowest BCUT2D eigenvalue weighted by Crippen LogP contribution is -2.25. The quantitative estimate of drug-likeness (QED) is 0.497. The minimum Gasteiger partial charge on any atom is -0.370 e. The summed E-state index contributed by atoms with van der Waals surface area (Å²) in [6.45, 7) is 0.408. The maximum Gasteiger partial charge on any atom is 0.325 e. The molecule has 0 amide bonds. The van der Waals surface area contributed by atoms with Gasteiger partial charge in [0.05, 0.1) is 11.9 Å². The summed E-state index contributed by atoms with van der Waals surface area (Å²) in [5.74, 6) is 0.253. The summed E-state index contributed by atoms with van der Waals surface area (Å²) >= 11 is 0. The van der Waals surface area contributed by atoms with Crippen molar-refractivity contribution >= 4 is 11.5 Å². The lowest BCUT2D eigenvalue weighted by Gasteiger charge is -2.11. The number of aromatic amines is 2. The van der Waals surface area contributed by atoms with Crippen molar-refractivity contribution < 1.29 is 4.39 Å². The fourth-order valence-corrected chi connectivity index (χ4v) is 2.79. The molecule has 27 heavy (non-hydrogen) atoms. The summed E-state index contributed by atoms with van der Waals surface area (Å²) in [5, 5.41) is 7.40. The SMILES string of the molecule is O=c1[nH]cc(CCNc2cc(-c3ccccc3F)nc3ccnn23)c(=O)[nH]1. The van der Waals surface area contributed by atoms with Gasteiger partial charge in [-0.15, -0.1) is 0 Å². The highest BCUT2D eigenvalue weighted by Gasteiger charge is 2.11. The first-order valence-electron chi connectivity index (χ1n) is 8.26. The molecular weight excluding hydrogens is 351 g/mol. The molecule has 1 aromatic carbocycles. The van der Waals surface area contributed by atoms with Crippen LogP contribution in [0, 0.1) is 5.82 Å². The number of nitrogens with zero attached hydrogens (tertiary/aromatic N) is 3. The molecule has 0 spiro atoms. The van der Waals surface area contributed by atoms with Gasteiger partial charge >= 0.3 is 5.69 Å². The molecule has 0 atom stereocenters. The van der Waals surface area contributed by atoms with Gasteiger partial charge in [0.1, 0.15) is 11.6 Å². The zero-order chi connectivity index (χ0) is 18.8. The van der Waals surface area contributed by atoms with Gasteiger partial charge in [0, 0.05) is 36.0 Å². The first-order chi connectivity index (χ1) is 13.1. The molecule has 0 saturated heterocycles. The van der Waals surface area contributed by atoms with Crippen LogP contribution < -0.4 is 16.6 Å². The Hall–Kier alpha value is -3.75. The van der Waals surface area contributed by atoms with E-state index in [-0.39, 0.29) is 5.82 Å². The van der Waals surface area contributed by atoms with E-state index < -0.39 is 11.2 Å². The molecule has 3 aromatic heterocycles. The fraction of sp³-hybridized carbons (Fsp3) is 0.111. The first-order valence-corrected chi connectivity index (χ1v) is 8.26. The largest absolute Gasteiger partial charge is 0.370 e. The first kappa shape index (κ1) is 16.7. The van der Waals surface area contributed by atoms with E-state index in [4.69, 9.17) is 0 Å². The third kappa shape index (κ3) is 3.34. The van der Waals surface area contributed by atoms with Gasteiger partial charge in [-0.1, -0.05) is 12.1 Å². The van der Waals surface area contributed by atoms with Crippen LogP contribution in [0.2, 0.25) is 0 Å². The number of benzene rings is 1. The van der Waals surface area contributed by atoms with Gasteiger partial charge in [-0.05, 0) is 18.6 Å². The smallest absolute Gasteiger partial charge is 0.325 e. The van der Waals surface area contributed by atoms with Crippen molar-refractivity contribution in [3.05, 3.63) is 81.0 Å². The van der Waals surface area contributed by atoms with Crippen molar-refractivity contribution in [1.82, 2.24) is 24.6 Å². The number of aromatic nitrogens is 5. The summed E-state index contributed by atoms with van der Waals surface area (Å²) in [5.41, 5.74) is 0.916. The maximum absolute atomic E-state index is 14.1. The minimum absolute atomic E-state index is 0.361. The summed E-state index contributed by atoms with van der Waals surface area (Å²) in [6.07, 6.45) is 3.38. The van der Waals surface area contributed by atoms with E-state index in [9.17, 15) is 14.0 Å². The van der Waals surface area contributed by atoms with Crippen molar-refractivity contribution in [2.24, 2.45) is 0 Å². The second-order valence-electron chi connectivity index (χ2n) is 5.88. The van der Waals surface area contributed by atoms with Gasteiger partial charge in [-0.25, -0.2) is 14.2 Å². The predicted octanol–water partition coefficient (Wildman–Crippen LogP) is 1.57. The molecule has 8 nitrogen and oxygen atoms in total. The fourth-order valence-electron chi connectivity index (χ4n) is 2.79. The van der Waals surface area contributed by atoms with Crippen LogP contribution in [0.1, 0.15) is 5.56 Å². The zero-order valence-corrected chi connectivity index (χ0v) is 14.1. The Kier molecular flexibility index (Phi) is 4.25. The molecule has 0 bridgehead atoms. The van der Waals surface area contributed by atoms with Gasteiger partial charge in [0.2, 0.25) is 0 Å². The van der Waals surface area contributed by atoms with Crippen molar-refractivity contribution in [3.8, 4) is 11.3 Å². The average Bonchev–Trinajstić information content (AvgIpc) is 3.12. The zero-order valence-electron chi connectivity index (χ0n) is 14.1. The highest BCUT2D eigenvalue weighted by Crippen LogP contribution is 2.24. The minimum atomic E-state index is -0.543. The van der Waals surface area contributed by atoms with Crippen molar-refractivity contribution in [3.63, 3.8) is 0 Å². The molecule has 0 fully saturated rings. The lowest BCUT2D eigenvalue weighted by atomic mass is 10.1. The molecule has 0 saturated carbocycles. The normalized spacial score (nSPS) is 11.0. The van der Waals surface area contributed by atoms with Crippen molar-refractivity contribution in [2.75, 3.05) is 11.9 Å². The van der Waals surface area contributed by atoms with Crippen LogP contribution in [0.5, 0.6) is 0 Å². The predicted molar refractivity (Wildman–Crippen MR) is 98.3 cm³/mol. The molecule has 9 heteroatoms. The number of hydrogen-bond donors (Lipinski definition) is 3. The maximum atomic E-state index is 14.1. The van der Waals surface area contributed by atoms with E-state index >= 15 is 0 Å². The molecule has 3 heterocycles. The number of nitrogens with one attached hydrogen (secondary N) is 3. The summed E-state index contributed by atoms with van der Waals surface area (Å²) in [7, 11) is 0. The van der Waals surface area contributed by atoms with Crippen molar-refractivity contribution in [1.29, 1.82) is 0 Å². The number of anilines is 1. The molecule has 3 N–H and O–H groups in total. The van der Waals surface area contributed by atoms with E-state index in [2.05, 4.69) is 25.4 Å². The number of hydrogen-bond acceptors (Lipinski definition) is 5. The van der Waals surface area contributed by atoms with Gasteiger partial charge < -0.3 is 10.3 Å². The lowest BCUT2D eigenvalue weighted by molar-refractivity contribution is 0.630. The number of halogens is 1. The van der Waals surface area contributed by atoms with E-state index in [0.717, 1.165) is 0 Å². The van der Waals surface area contributed by atoms with Crippen LogP contribution in [-0.4, -0.2) is 31.1 Å². The number of fused-ring (bicyclic) bond motifs is 1. The standard InChI is InChI=1S/C18H15FN6O2/c19-13-4-2-1-3-12(13)14-9-16(25-15(23-14)6-8-22-25)20-7-5-11-10-21-18(27)24-17(11)26/h1-4,6,8-10,20H,5,7H2,(H2,21,24,26,27). The highest BCUT2D eigenvalue weighted by molar-refractivity contribution is 5.66. The Balaban J connectivity index is 1.63. The number of rotatable bonds is 5. The van der Waals surface area contributed by atoms with Crippen LogP contribution in [0.15, 0.2) is 58.4 Å². The molecule has 136 valence electrons. The van der Waals surface area contributed by atoms with E-state index in [1.165, 1.54) is 12.3 Å². The Morgan fingerprint density at radius 1 is 1.19 bits per heavy atom. The second-order valence-corrected chi connectivity index (χ2v) is 5.88. The van der Waals surface area contributed by atoms with Gasteiger partial charge in [-0.3, -0.25) is 9.78 Å². The summed E-state index contributed by atoms with van der Waals surface area (Å²) in [4.78, 5) is 31.9. The molecule has 0 aliphatic rings. The van der Waals surface area contributed by atoms with Crippen LogP contribution in [0.4, 0.5) is 10.2 Å². The van der Waals surface area contributed by atoms with E-state index in [1.807, 2.05) is 0 Å². The van der Waals surface area contributed by atoms with E-state index in [0.29, 0.717) is 41.3 Å². The van der Waals surface area contributed by atoms with Crippen molar-refractivity contribution in [2.45, 2.75) is 6.42 Å². The third-order valence-corrected chi connectivity index (χ3v) is 4.11. The molecule has 0 aliphatic carbocycles. The highest BCUT2D eigenvalue weighted by atomic mass is 19.1. The van der Waals surface area contributed by atoms with Crippen LogP contribution in [0.3, 0.4) is 0 Å². The molecular formula is C18H15FN6O2. The van der Waals surface area contributed by atoms with Crippen LogP contribution in [0.25, 0.3) is 16.9 Å². The molecule has 0 aliphatic heterocycles. The monoisotopic (exact) mass is 366 g/mol. The van der Waals surface area contributed by atoms with Crippen LogP contribution in [-0.2, 0) is 6.42 Å². The Morgan fingerprint density at radius 3 is 2.85 bits per heavy atom. The summed E-state index contributed by atoms with van der Waals surface area (Å²) < 4.78 is 15.7. The number of H-pyrrole nitrogens is 2. The molecule has 0 unspecified atom stereocenters. The second kappa shape index (κ2) is 6.87. The Bertz CT molecular complexity index is 1230. The molecule has 0 radical (unpaired) electrons. The average molecular weight is 366 g/mol. The Labute approximate surface area is 151 Å². The van der Waals surface area contributed by atoms with Gasteiger partial charge in [-0.2, -0.15) is 9.61 Å². The van der Waals surface area contributed by atoms with E-state index in [1.54, 1.807) is 41.0 Å². The van der Waals surface area contributed by atoms with Gasteiger partial charge in [0.25, 0.3) is 5.56 Å². The topological polar surface area (TPSA) is 108 Å². The van der Waals surface area contributed by atoms with Gasteiger partial charge in [0.15, 0.2) is 5.65 Å². The third-order valence-electron chi connectivity index (χ3n) is 4.11. The molecule has 4 rings (SSSR count). The van der Waals surface area contributed by atoms with Crippen LogP contribution >= 0.6 is 0 Å². The summed E-state index contributed by atoms with van der Waals surface area (Å²) in [6, 6.07) is 9.84. The molecule has 4 aromatic rings.